The maximum Gasteiger partial charge on any atom is 0.257 e. The average Bonchev–Trinajstić information content (AvgIpc) is 2.82. The molecule has 5 heteroatoms. The molecule has 1 heterocycles. The maximum atomic E-state index is 12.0. The van der Waals surface area contributed by atoms with Crippen molar-refractivity contribution in [3.8, 4) is 5.75 Å². The van der Waals surface area contributed by atoms with Gasteiger partial charge in [-0.05, 0) is 37.1 Å². The first kappa shape index (κ1) is 14.5. The molecule has 0 saturated heterocycles. The zero-order chi connectivity index (χ0) is 14.5. The highest BCUT2D eigenvalue weighted by Gasteiger charge is 2.08. The summed E-state index contributed by atoms with van der Waals surface area (Å²) in [4.78, 5) is 17.2. The quantitative estimate of drug-likeness (QED) is 0.912. The van der Waals surface area contributed by atoms with Gasteiger partial charge in [0.1, 0.15) is 5.75 Å². The predicted octanol–water partition coefficient (Wildman–Crippen LogP) is 3.74. The van der Waals surface area contributed by atoms with Crippen LogP contribution in [0.2, 0.25) is 0 Å². The third-order valence-electron chi connectivity index (χ3n) is 2.54. The molecule has 0 fully saturated rings. The summed E-state index contributed by atoms with van der Waals surface area (Å²) in [5, 5.41) is 3.39. The van der Waals surface area contributed by atoms with Crippen LogP contribution in [0.15, 0.2) is 30.5 Å². The lowest BCUT2D eigenvalue weighted by atomic mass is 10.2. The predicted molar refractivity (Wildman–Crippen MR) is 81.6 cm³/mol. The number of aryl methyl sites for hydroxylation is 1. The molecule has 1 N–H and O–H groups in total. The van der Waals surface area contributed by atoms with E-state index in [1.807, 2.05) is 19.1 Å². The normalized spacial score (nSPS) is 10.6. The van der Waals surface area contributed by atoms with E-state index in [1.54, 1.807) is 18.3 Å². The van der Waals surface area contributed by atoms with Crippen molar-refractivity contribution in [2.75, 3.05) is 11.9 Å². The van der Waals surface area contributed by atoms with E-state index >= 15 is 0 Å². The van der Waals surface area contributed by atoms with E-state index < -0.39 is 0 Å². The van der Waals surface area contributed by atoms with Gasteiger partial charge in [0.2, 0.25) is 0 Å². The van der Waals surface area contributed by atoms with Crippen LogP contribution in [0.3, 0.4) is 0 Å². The van der Waals surface area contributed by atoms with Crippen molar-refractivity contribution in [1.29, 1.82) is 0 Å². The van der Waals surface area contributed by atoms with Gasteiger partial charge in [-0.15, -0.1) is 11.3 Å². The summed E-state index contributed by atoms with van der Waals surface area (Å²) in [6.07, 6.45) is 1.74. The highest BCUT2D eigenvalue weighted by atomic mass is 32.1. The number of benzene rings is 1. The number of hydrogen-bond acceptors (Lipinski definition) is 4. The molecule has 1 aromatic carbocycles. The topological polar surface area (TPSA) is 51.2 Å². The summed E-state index contributed by atoms with van der Waals surface area (Å²) >= 11 is 1.46. The molecule has 0 aliphatic rings. The standard InChI is InChI=1S/C15H18N2O2S/c1-10(2)9-19-13-6-4-12(5-7-13)14(18)17-15-16-8-11(3)20-15/h4-8,10H,9H2,1-3H3,(H,16,17,18). The lowest BCUT2D eigenvalue weighted by Crippen LogP contribution is -2.11. The summed E-state index contributed by atoms with van der Waals surface area (Å²) in [6, 6.07) is 7.13. The fourth-order valence-corrected chi connectivity index (χ4v) is 2.21. The Balaban J connectivity index is 1.96. The van der Waals surface area contributed by atoms with Gasteiger partial charge in [-0.1, -0.05) is 13.8 Å². The molecule has 0 aliphatic heterocycles. The van der Waals surface area contributed by atoms with Crippen molar-refractivity contribution >= 4 is 22.4 Å². The molecule has 1 aromatic heterocycles. The number of thiazole rings is 1. The number of nitrogens with zero attached hydrogens (tertiary/aromatic N) is 1. The summed E-state index contributed by atoms with van der Waals surface area (Å²) in [7, 11) is 0. The first-order chi connectivity index (χ1) is 9.54. The van der Waals surface area contributed by atoms with Crippen molar-refractivity contribution in [2.45, 2.75) is 20.8 Å². The van der Waals surface area contributed by atoms with E-state index in [0.29, 0.717) is 23.2 Å². The van der Waals surface area contributed by atoms with Gasteiger partial charge in [0, 0.05) is 16.6 Å². The van der Waals surface area contributed by atoms with Gasteiger partial charge < -0.3 is 4.74 Å². The lowest BCUT2D eigenvalue weighted by Gasteiger charge is -2.09. The number of rotatable bonds is 5. The van der Waals surface area contributed by atoms with Crippen molar-refractivity contribution in [2.24, 2.45) is 5.92 Å². The minimum absolute atomic E-state index is 0.158. The van der Waals surface area contributed by atoms with Crippen molar-refractivity contribution in [3.05, 3.63) is 40.9 Å². The van der Waals surface area contributed by atoms with Gasteiger partial charge >= 0.3 is 0 Å². The molecule has 0 atom stereocenters. The van der Waals surface area contributed by atoms with Crippen LogP contribution >= 0.6 is 11.3 Å². The monoisotopic (exact) mass is 290 g/mol. The number of amides is 1. The molecule has 0 unspecified atom stereocenters. The largest absolute Gasteiger partial charge is 0.493 e. The van der Waals surface area contributed by atoms with Crippen LogP contribution in [-0.4, -0.2) is 17.5 Å². The zero-order valence-corrected chi connectivity index (χ0v) is 12.7. The van der Waals surface area contributed by atoms with E-state index in [4.69, 9.17) is 4.74 Å². The minimum atomic E-state index is -0.158. The Bertz CT molecular complexity index is 576. The Morgan fingerprint density at radius 1 is 1.35 bits per heavy atom. The second kappa shape index (κ2) is 6.52. The van der Waals surface area contributed by atoms with Crippen molar-refractivity contribution < 1.29 is 9.53 Å². The molecule has 2 aromatic rings. The van der Waals surface area contributed by atoms with Gasteiger partial charge in [0.05, 0.1) is 6.61 Å². The highest BCUT2D eigenvalue weighted by Crippen LogP contribution is 2.18. The highest BCUT2D eigenvalue weighted by molar-refractivity contribution is 7.15. The van der Waals surface area contributed by atoms with Crippen LogP contribution in [0.1, 0.15) is 29.1 Å². The maximum absolute atomic E-state index is 12.0. The molecule has 0 saturated carbocycles. The Labute approximate surface area is 122 Å². The Morgan fingerprint density at radius 2 is 2.05 bits per heavy atom. The molecule has 0 aliphatic carbocycles. The smallest absolute Gasteiger partial charge is 0.257 e. The average molecular weight is 290 g/mol. The lowest BCUT2D eigenvalue weighted by molar-refractivity contribution is 0.102. The van der Waals surface area contributed by atoms with E-state index in [1.165, 1.54) is 11.3 Å². The van der Waals surface area contributed by atoms with Crippen LogP contribution in [0.4, 0.5) is 5.13 Å². The second-order valence-corrected chi connectivity index (χ2v) is 6.19. The second-order valence-electron chi connectivity index (χ2n) is 4.96. The van der Waals surface area contributed by atoms with Gasteiger partial charge in [0.15, 0.2) is 5.13 Å². The third kappa shape index (κ3) is 4.06. The SMILES string of the molecule is Cc1cnc(NC(=O)c2ccc(OCC(C)C)cc2)s1. The summed E-state index contributed by atoms with van der Waals surface area (Å²) in [5.41, 5.74) is 0.592. The number of anilines is 1. The molecule has 106 valence electrons. The van der Waals surface area contributed by atoms with Crippen LogP contribution in [-0.2, 0) is 0 Å². The van der Waals surface area contributed by atoms with Crippen LogP contribution in [0, 0.1) is 12.8 Å². The molecule has 1 amide bonds. The van der Waals surface area contributed by atoms with E-state index in [9.17, 15) is 4.79 Å². The molecule has 0 radical (unpaired) electrons. The van der Waals surface area contributed by atoms with Gasteiger partial charge in [0.25, 0.3) is 5.91 Å². The first-order valence-electron chi connectivity index (χ1n) is 6.51. The zero-order valence-electron chi connectivity index (χ0n) is 11.8. The molecule has 20 heavy (non-hydrogen) atoms. The summed E-state index contributed by atoms with van der Waals surface area (Å²) < 4.78 is 5.58. The van der Waals surface area contributed by atoms with E-state index in [0.717, 1.165) is 10.6 Å². The summed E-state index contributed by atoms with van der Waals surface area (Å²) in [5.74, 6) is 1.10. The number of hydrogen-bond donors (Lipinski definition) is 1. The molecular weight excluding hydrogens is 272 g/mol. The molecule has 0 bridgehead atoms. The fourth-order valence-electron chi connectivity index (χ4n) is 1.55. The van der Waals surface area contributed by atoms with Crippen LogP contribution < -0.4 is 10.1 Å². The third-order valence-corrected chi connectivity index (χ3v) is 3.37. The number of nitrogens with one attached hydrogen (secondary N) is 1. The molecular formula is C15H18N2O2S. The number of ether oxygens (including phenoxy) is 1. The van der Waals surface area contributed by atoms with E-state index in [2.05, 4.69) is 24.1 Å². The molecule has 4 nitrogen and oxygen atoms in total. The Hall–Kier alpha value is -1.88. The first-order valence-corrected chi connectivity index (χ1v) is 7.33. The minimum Gasteiger partial charge on any atom is -0.493 e. The molecule has 2 rings (SSSR count). The van der Waals surface area contributed by atoms with Crippen LogP contribution in [0.5, 0.6) is 5.75 Å². The molecule has 0 spiro atoms. The fraction of sp³-hybridized carbons (Fsp3) is 0.333. The summed E-state index contributed by atoms with van der Waals surface area (Å²) in [6.45, 7) is 6.81. The van der Waals surface area contributed by atoms with Gasteiger partial charge in [-0.25, -0.2) is 4.98 Å². The van der Waals surface area contributed by atoms with Gasteiger partial charge in [-0.3, -0.25) is 10.1 Å². The Morgan fingerprint density at radius 3 is 2.60 bits per heavy atom. The van der Waals surface area contributed by atoms with Crippen molar-refractivity contribution in [3.63, 3.8) is 0 Å². The number of carbonyl (C=O) groups is 1. The Kier molecular flexibility index (Phi) is 4.74. The van der Waals surface area contributed by atoms with Crippen molar-refractivity contribution in [1.82, 2.24) is 4.98 Å². The van der Waals surface area contributed by atoms with Crippen LogP contribution in [0.25, 0.3) is 0 Å². The number of carbonyl (C=O) groups excluding carboxylic acids is 1. The van der Waals surface area contributed by atoms with Gasteiger partial charge in [-0.2, -0.15) is 0 Å². The number of aromatic nitrogens is 1. The van der Waals surface area contributed by atoms with E-state index in [-0.39, 0.29) is 5.91 Å².